The van der Waals surface area contributed by atoms with Crippen LogP contribution in [0.5, 0.6) is 0 Å². The van der Waals surface area contributed by atoms with Crippen molar-refractivity contribution in [1.29, 1.82) is 10.8 Å². The highest BCUT2D eigenvalue weighted by molar-refractivity contribution is 7.99. The molecule has 0 saturated carbocycles. The van der Waals surface area contributed by atoms with Gasteiger partial charge in [-0.25, -0.2) is 0 Å². The zero-order chi connectivity index (χ0) is 30.8. The molecule has 3 aliphatic rings. The molecule has 2 fully saturated rings. The van der Waals surface area contributed by atoms with Gasteiger partial charge in [-0.2, -0.15) is 10.0 Å². The topological polar surface area (TPSA) is 99.9 Å². The summed E-state index contributed by atoms with van der Waals surface area (Å²) in [6, 6.07) is 33.2. The van der Waals surface area contributed by atoms with Gasteiger partial charge in [-0.05, 0) is 72.2 Å². The largest absolute Gasteiger partial charge is 0.376 e. The van der Waals surface area contributed by atoms with Crippen LogP contribution in [-0.2, 0) is 22.5 Å². The van der Waals surface area contributed by atoms with Crippen molar-refractivity contribution in [3.63, 3.8) is 0 Å². The Morgan fingerprint density at radius 3 is 1.53 bits per heavy atom. The van der Waals surface area contributed by atoms with E-state index in [-0.39, 0.29) is 23.9 Å². The Balaban J connectivity index is 1.06. The third-order valence-electron chi connectivity index (χ3n) is 8.62. The van der Waals surface area contributed by atoms with Gasteiger partial charge in [0.05, 0.1) is 11.4 Å². The van der Waals surface area contributed by atoms with Gasteiger partial charge in [0.2, 0.25) is 11.8 Å². The summed E-state index contributed by atoms with van der Waals surface area (Å²) in [6.45, 7) is 1.51. The molecule has 3 aliphatic heterocycles. The van der Waals surface area contributed by atoms with Gasteiger partial charge in [0, 0.05) is 29.9 Å². The highest BCUT2D eigenvalue weighted by Crippen LogP contribution is 2.49. The Kier molecular flexibility index (Phi) is 8.55. The summed E-state index contributed by atoms with van der Waals surface area (Å²) in [5.74, 6) is 0.400. The summed E-state index contributed by atoms with van der Waals surface area (Å²) in [6.07, 6.45) is 3.82. The van der Waals surface area contributed by atoms with Gasteiger partial charge >= 0.3 is 0 Å². The monoisotopic (exact) mass is 619 g/mol. The highest BCUT2D eigenvalue weighted by Gasteiger charge is 2.36. The molecule has 45 heavy (non-hydrogen) atoms. The molecule has 0 spiro atoms. The number of aryl methyl sites for hydroxylation is 2. The average molecular weight is 620 g/mol. The zero-order valence-corrected chi connectivity index (χ0v) is 26.0. The lowest BCUT2D eigenvalue weighted by atomic mass is 10.0. The van der Waals surface area contributed by atoms with Gasteiger partial charge in [-0.3, -0.25) is 10.8 Å². The standard InChI is InChI=1S/C35H37N7O2S/c1-40-28-18-16-26(32-34(36)43-38-41(32)20-8-14-24-10-4-2-5-11-24)22-30(28)45-31-23-27(17-19-29(31)40)33-35(37)44-39-42(33)21-9-15-25-12-6-3-7-13-25/h2-7,10-13,16-19,22-23,32-33,36-39H,8-9,14-15,20-21H2,1H3. The molecule has 0 amide bonds. The molecular formula is C35H37N7O2S. The van der Waals surface area contributed by atoms with Crippen molar-refractivity contribution in [2.75, 3.05) is 25.0 Å². The molecule has 0 bridgehead atoms. The molecule has 230 valence electrons. The van der Waals surface area contributed by atoms with Crippen LogP contribution in [0.1, 0.15) is 47.2 Å². The average Bonchev–Trinajstić information content (AvgIpc) is 3.62. The van der Waals surface area contributed by atoms with Gasteiger partial charge in [0.25, 0.3) is 0 Å². The van der Waals surface area contributed by atoms with E-state index in [2.05, 4.69) is 108 Å². The van der Waals surface area contributed by atoms with Crippen molar-refractivity contribution in [2.24, 2.45) is 0 Å². The predicted octanol–water partition coefficient (Wildman–Crippen LogP) is 6.73. The normalized spacial score (nSPS) is 19.7. The number of fused-ring (bicyclic) bond motifs is 2. The number of hydrogen-bond donors (Lipinski definition) is 4. The van der Waals surface area contributed by atoms with Crippen molar-refractivity contribution < 1.29 is 9.68 Å². The molecule has 2 saturated heterocycles. The smallest absolute Gasteiger partial charge is 0.231 e. The Bertz CT molecular complexity index is 1560. The van der Waals surface area contributed by atoms with E-state index in [1.807, 2.05) is 22.2 Å². The molecule has 4 aromatic carbocycles. The number of benzene rings is 4. The molecule has 0 aromatic heterocycles. The molecule has 3 heterocycles. The molecule has 4 aromatic rings. The van der Waals surface area contributed by atoms with Crippen LogP contribution in [0.25, 0.3) is 0 Å². The first-order valence-electron chi connectivity index (χ1n) is 15.4. The molecular weight excluding hydrogens is 582 g/mol. The summed E-state index contributed by atoms with van der Waals surface area (Å²) in [4.78, 5) is 15.5. The van der Waals surface area contributed by atoms with Crippen LogP contribution >= 0.6 is 11.8 Å². The van der Waals surface area contributed by atoms with Crippen LogP contribution < -0.4 is 16.1 Å². The fourth-order valence-corrected chi connectivity index (χ4v) is 7.54. The minimum Gasteiger partial charge on any atom is -0.376 e. The molecule has 7 rings (SSSR count). The van der Waals surface area contributed by atoms with Crippen molar-refractivity contribution in [2.45, 2.75) is 47.6 Å². The van der Waals surface area contributed by atoms with Crippen molar-refractivity contribution in [1.82, 2.24) is 21.2 Å². The van der Waals surface area contributed by atoms with Gasteiger partial charge in [0.15, 0.2) is 0 Å². The summed E-state index contributed by atoms with van der Waals surface area (Å²) in [5.41, 5.74) is 12.8. The van der Waals surface area contributed by atoms with Crippen LogP contribution in [-0.4, -0.2) is 42.0 Å². The van der Waals surface area contributed by atoms with Crippen LogP contribution in [0.4, 0.5) is 11.4 Å². The lowest BCUT2D eigenvalue weighted by Crippen LogP contribution is -2.34. The predicted molar refractivity (Wildman–Crippen MR) is 177 cm³/mol. The molecule has 4 N–H and O–H groups in total. The maximum Gasteiger partial charge on any atom is 0.231 e. The third kappa shape index (κ3) is 6.20. The summed E-state index contributed by atoms with van der Waals surface area (Å²) >= 11 is 1.73. The quantitative estimate of drug-likeness (QED) is 0.155. The number of rotatable bonds is 10. The fraction of sp³-hybridized carbons (Fsp3) is 0.257. The first-order valence-corrected chi connectivity index (χ1v) is 16.2. The van der Waals surface area contributed by atoms with E-state index >= 15 is 0 Å². The van der Waals surface area contributed by atoms with Crippen molar-refractivity contribution >= 4 is 34.9 Å². The maximum absolute atomic E-state index is 8.54. The second-order valence-electron chi connectivity index (χ2n) is 11.6. The van der Waals surface area contributed by atoms with Gasteiger partial charge in [-0.1, -0.05) is 95.7 Å². The Morgan fingerprint density at radius 1 is 0.644 bits per heavy atom. The van der Waals surface area contributed by atoms with Gasteiger partial charge < -0.3 is 14.6 Å². The Hall–Kier alpha value is -4.19. The Labute approximate surface area is 268 Å². The minimum absolute atomic E-state index is 0.200. The number of nitrogens with one attached hydrogen (secondary N) is 4. The van der Waals surface area contributed by atoms with E-state index in [1.54, 1.807) is 11.8 Å². The second-order valence-corrected chi connectivity index (χ2v) is 12.7. The number of nitrogens with zero attached hydrogens (tertiary/aromatic N) is 3. The fourth-order valence-electron chi connectivity index (χ4n) is 6.29. The molecule has 0 radical (unpaired) electrons. The molecule has 0 aliphatic carbocycles. The van der Waals surface area contributed by atoms with E-state index in [4.69, 9.17) is 20.5 Å². The maximum atomic E-state index is 8.54. The second kappa shape index (κ2) is 13.0. The number of hydrazine groups is 2. The molecule has 10 heteroatoms. The first kappa shape index (κ1) is 29.5. The summed E-state index contributed by atoms with van der Waals surface area (Å²) in [5, 5.41) is 21.1. The molecule has 2 atom stereocenters. The Morgan fingerprint density at radius 2 is 1.09 bits per heavy atom. The molecule has 9 nitrogen and oxygen atoms in total. The van der Waals surface area contributed by atoms with Gasteiger partial charge in [-0.15, -0.1) is 0 Å². The summed E-state index contributed by atoms with van der Waals surface area (Å²) < 4.78 is 0. The van der Waals surface area contributed by atoms with E-state index in [1.165, 1.54) is 11.1 Å². The van der Waals surface area contributed by atoms with Crippen LogP contribution in [0.15, 0.2) is 107 Å². The molecule has 2 unspecified atom stereocenters. The number of anilines is 2. The lowest BCUT2D eigenvalue weighted by Gasteiger charge is -2.31. The van der Waals surface area contributed by atoms with Gasteiger partial charge in [0.1, 0.15) is 12.1 Å². The van der Waals surface area contributed by atoms with E-state index in [9.17, 15) is 0 Å². The first-order chi connectivity index (χ1) is 22.0. The van der Waals surface area contributed by atoms with Crippen molar-refractivity contribution in [3.05, 3.63) is 119 Å². The highest BCUT2D eigenvalue weighted by atomic mass is 32.2. The lowest BCUT2D eigenvalue weighted by molar-refractivity contribution is 0.0384. The van der Waals surface area contributed by atoms with E-state index < -0.39 is 0 Å². The van der Waals surface area contributed by atoms with Crippen LogP contribution in [0, 0.1) is 10.8 Å². The van der Waals surface area contributed by atoms with Crippen LogP contribution in [0.3, 0.4) is 0 Å². The van der Waals surface area contributed by atoms with E-state index in [0.29, 0.717) is 0 Å². The van der Waals surface area contributed by atoms with Crippen LogP contribution in [0.2, 0.25) is 0 Å². The zero-order valence-electron chi connectivity index (χ0n) is 25.2. The van der Waals surface area contributed by atoms with Crippen molar-refractivity contribution in [3.8, 4) is 0 Å². The minimum atomic E-state index is -0.295. The SMILES string of the molecule is CN1c2ccc(C3C(=N)ONN3CCCc3ccccc3)cc2Sc2cc(C3C(=N)ONN3CCCc3ccccc3)ccc21. The van der Waals surface area contributed by atoms with E-state index in [0.717, 1.165) is 71.1 Å². The number of hydrogen-bond acceptors (Lipinski definition) is 10. The summed E-state index contributed by atoms with van der Waals surface area (Å²) in [7, 11) is 2.09. The third-order valence-corrected chi connectivity index (χ3v) is 9.72.